The van der Waals surface area contributed by atoms with Crippen LogP contribution in [0.1, 0.15) is 30.5 Å². The summed E-state index contributed by atoms with van der Waals surface area (Å²) in [6.45, 7) is 3.55. The molecule has 10 heteroatoms. The Bertz CT molecular complexity index is 1130. The number of aryl methyl sites for hydroxylation is 1. The number of amidine groups is 1. The van der Waals surface area contributed by atoms with Crippen LogP contribution in [0.3, 0.4) is 0 Å². The number of hydrazone groups is 1. The van der Waals surface area contributed by atoms with E-state index in [0.717, 1.165) is 11.6 Å². The van der Waals surface area contributed by atoms with Crippen molar-refractivity contribution >= 4 is 40.1 Å². The zero-order valence-electron chi connectivity index (χ0n) is 19.0. The molecule has 34 heavy (non-hydrogen) atoms. The molecule has 1 saturated heterocycles. The zero-order chi connectivity index (χ0) is 23.7. The fourth-order valence-electron chi connectivity index (χ4n) is 4.33. The number of carbonyl (C=O) groups excluding carboxylic acids is 2. The molecule has 2 aromatic rings. The van der Waals surface area contributed by atoms with Crippen molar-refractivity contribution in [2.24, 2.45) is 5.10 Å². The summed E-state index contributed by atoms with van der Waals surface area (Å²) in [5.41, 5.74) is 10.7. The number of fused-ring (bicyclic) bond motifs is 3. The molecule has 3 aliphatic rings. The summed E-state index contributed by atoms with van der Waals surface area (Å²) in [5.74, 6) is -0.0108. The van der Waals surface area contributed by atoms with Gasteiger partial charge in [-0.2, -0.15) is 5.10 Å². The summed E-state index contributed by atoms with van der Waals surface area (Å²) in [5, 5.41) is 13.0. The Morgan fingerprint density at radius 1 is 1.06 bits per heavy atom. The van der Waals surface area contributed by atoms with Crippen molar-refractivity contribution in [1.29, 1.82) is 0 Å². The van der Waals surface area contributed by atoms with Crippen molar-refractivity contribution in [3.05, 3.63) is 72.1 Å². The monoisotopic (exact) mass is 477 g/mol. The van der Waals surface area contributed by atoms with Crippen LogP contribution < -0.4 is 21.5 Å². The van der Waals surface area contributed by atoms with E-state index < -0.39 is 0 Å². The fraction of sp³-hybridized carbons (Fsp3) is 0.292. The minimum atomic E-state index is -0.133. The quantitative estimate of drug-likeness (QED) is 0.525. The highest BCUT2D eigenvalue weighted by Crippen LogP contribution is 2.35. The molecule has 176 valence electrons. The van der Waals surface area contributed by atoms with Gasteiger partial charge in [0, 0.05) is 30.7 Å². The lowest BCUT2D eigenvalue weighted by Gasteiger charge is -2.36. The summed E-state index contributed by atoms with van der Waals surface area (Å²) in [6.07, 6.45) is 5.00. The number of carbonyl (C=O) groups is 2. The predicted octanol–water partition coefficient (Wildman–Crippen LogP) is 2.93. The molecular formula is C24H27N7O2S. The third kappa shape index (κ3) is 4.73. The summed E-state index contributed by atoms with van der Waals surface area (Å²) >= 11 is 1.40. The van der Waals surface area contributed by atoms with Crippen molar-refractivity contribution in [2.45, 2.75) is 38.5 Å². The van der Waals surface area contributed by atoms with Crippen molar-refractivity contribution in [3.63, 3.8) is 0 Å². The van der Waals surface area contributed by atoms with Crippen LogP contribution in [0.2, 0.25) is 0 Å². The van der Waals surface area contributed by atoms with Crippen molar-refractivity contribution in [3.8, 4) is 0 Å². The molecule has 3 atom stereocenters. The molecule has 3 heterocycles. The number of nitrogens with one attached hydrogen (secondary N) is 4. The Hall–Kier alpha value is -3.50. The highest BCUT2D eigenvalue weighted by molar-refractivity contribution is 8.14. The van der Waals surface area contributed by atoms with E-state index in [1.165, 1.54) is 29.8 Å². The summed E-state index contributed by atoms with van der Waals surface area (Å²) in [7, 11) is 0. The van der Waals surface area contributed by atoms with E-state index in [4.69, 9.17) is 0 Å². The molecule has 9 nitrogen and oxygen atoms in total. The molecule has 2 amide bonds. The first kappa shape index (κ1) is 22.3. The van der Waals surface area contributed by atoms with E-state index in [2.05, 4.69) is 67.7 Å². The van der Waals surface area contributed by atoms with Gasteiger partial charge in [0.2, 0.25) is 11.8 Å². The molecule has 0 aliphatic carbocycles. The molecule has 3 aliphatic heterocycles. The number of nitrogens with zero attached hydrogens (tertiary/aromatic N) is 3. The number of amides is 2. The second-order valence-corrected chi connectivity index (χ2v) is 9.51. The van der Waals surface area contributed by atoms with E-state index in [1.54, 1.807) is 24.3 Å². The molecule has 0 radical (unpaired) electrons. The van der Waals surface area contributed by atoms with E-state index in [1.807, 2.05) is 12.4 Å². The van der Waals surface area contributed by atoms with E-state index in [-0.39, 0.29) is 35.8 Å². The molecule has 1 fully saturated rings. The van der Waals surface area contributed by atoms with Gasteiger partial charge in [0.05, 0.1) is 17.8 Å². The number of rotatable bonds is 5. The lowest BCUT2D eigenvalue weighted by Crippen LogP contribution is -2.54. The molecule has 0 saturated carbocycles. The van der Waals surface area contributed by atoms with E-state index in [9.17, 15) is 9.59 Å². The molecule has 0 spiro atoms. The van der Waals surface area contributed by atoms with Gasteiger partial charge in [-0.05, 0) is 43.2 Å². The Kier molecular flexibility index (Phi) is 6.16. The maximum atomic E-state index is 12.5. The van der Waals surface area contributed by atoms with Crippen LogP contribution >= 0.6 is 11.8 Å². The van der Waals surface area contributed by atoms with Crippen molar-refractivity contribution < 1.29 is 9.59 Å². The van der Waals surface area contributed by atoms with Gasteiger partial charge >= 0.3 is 0 Å². The standard InChI is InChI=1S/C24H27N7O2S/c1-15-3-5-17(6-4-15)20-13-21-23-27-28-24(30(23)11-12-31(21)29-20)34-14-22(33)26-19-9-7-18(8-10-19)25-16(2)32/h3-12,20-21,23,27,29H,13-14H2,1-2H3,(H,25,32)(H,26,33). The zero-order valence-corrected chi connectivity index (χ0v) is 19.8. The van der Waals surface area contributed by atoms with Gasteiger partial charge in [-0.3, -0.25) is 15.0 Å². The van der Waals surface area contributed by atoms with Gasteiger partial charge in [-0.1, -0.05) is 41.6 Å². The average molecular weight is 478 g/mol. The van der Waals surface area contributed by atoms with Crippen LogP contribution in [0.4, 0.5) is 11.4 Å². The number of hydrazine groups is 1. The van der Waals surface area contributed by atoms with Crippen LogP contribution in [0, 0.1) is 6.92 Å². The van der Waals surface area contributed by atoms with Crippen molar-refractivity contribution in [1.82, 2.24) is 20.8 Å². The highest BCUT2D eigenvalue weighted by Gasteiger charge is 2.44. The normalized spacial score (nSPS) is 22.5. The predicted molar refractivity (Wildman–Crippen MR) is 134 cm³/mol. The first-order chi connectivity index (χ1) is 16.5. The molecule has 3 unspecified atom stereocenters. The third-order valence-electron chi connectivity index (χ3n) is 6.01. The second kappa shape index (κ2) is 9.40. The van der Waals surface area contributed by atoms with Crippen LogP contribution in [0.5, 0.6) is 0 Å². The fourth-order valence-corrected chi connectivity index (χ4v) is 5.11. The smallest absolute Gasteiger partial charge is 0.234 e. The summed E-state index contributed by atoms with van der Waals surface area (Å²) in [4.78, 5) is 25.7. The van der Waals surface area contributed by atoms with Gasteiger partial charge in [0.25, 0.3) is 0 Å². The minimum Gasteiger partial charge on any atom is -0.326 e. The van der Waals surface area contributed by atoms with Gasteiger partial charge in [-0.25, -0.2) is 5.43 Å². The highest BCUT2D eigenvalue weighted by atomic mass is 32.2. The molecule has 0 bridgehead atoms. The lowest BCUT2D eigenvalue weighted by molar-refractivity contribution is -0.114. The maximum Gasteiger partial charge on any atom is 0.234 e. The Labute approximate surface area is 202 Å². The first-order valence-corrected chi connectivity index (χ1v) is 12.2. The van der Waals surface area contributed by atoms with Gasteiger partial charge in [-0.15, -0.1) is 0 Å². The lowest BCUT2D eigenvalue weighted by atomic mass is 9.99. The van der Waals surface area contributed by atoms with E-state index >= 15 is 0 Å². The molecule has 2 aromatic carbocycles. The number of benzene rings is 2. The SMILES string of the molecule is CC(=O)Nc1ccc(NC(=O)CSC2=NNC3C4CC(c5ccc(C)cc5)NN4C=CN23)cc1. The second-order valence-electron chi connectivity index (χ2n) is 8.57. The van der Waals surface area contributed by atoms with Crippen LogP contribution in [-0.2, 0) is 9.59 Å². The van der Waals surface area contributed by atoms with Crippen LogP contribution in [-0.4, -0.2) is 44.9 Å². The molecule has 5 rings (SSSR count). The van der Waals surface area contributed by atoms with Gasteiger partial charge in [0.15, 0.2) is 5.17 Å². The largest absolute Gasteiger partial charge is 0.326 e. The maximum absolute atomic E-state index is 12.5. The summed E-state index contributed by atoms with van der Waals surface area (Å²) < 4.78 is 0. The molecule has 4 N–H and O–H groups in total. The molecular weight excluding hydrogens is 450 g/mol. The summed E-state index contributed by atoms with van der Waals surface area (Å²) in [6, 6.07) is 16.1. The number of anilines is 2. The van der Waals surface area contributed by atoms with E-state index in [0.29, 0.717) is 11.4 Å². The van der Waals surface area contributed by atoms with Crippen LogP contribution in [0.15, 0.2) is 66.0 Å². The topological polar surface area (TPSA) is 101 Å². The minimum absolute atomic E-state index is 0.0137. The molecule has 0 aromatic heterocycles. The van der Waals surface area contributed by atoms with Crippen LogP contribution in [0.25, 0.3) is 0 Å². The Morgan fingerprint density at radius 2 is 1.76 bits per heavy atom. The average Bonchev–Trinajstić information content (AvgIpc) is 3.43. The number of thioether (sulfide) groups is 1. The third-order valence-corrected chi connectivity index (χ3v) is 6.97. The number of hydrogen-bond acceptors (Lipinski definition) is 8. The van der Waals surface area contributed by atoms with Gasteiger partial charge in [0.1, 0.15) is 6.17 Å². The Balaban J connectivity index is 1.14. The number of hydrogen-bond donors (Lipinski definition) is 4. The Morgan fingerprint density at radius 3 is 2.47 bits per heavy atom. The van der Waals surface area contributed by atoms with Gasteiger partial charge < -0.3 is 20.5 Å². The van der Waals surface area contributed by atoms with Crippen molar-refractivity contribution in [2.75, 3.05) is 16.4 Å². The first-order valence-electron chi connectivity index (χ1n) is 11.2.